The second-order valence-corrected chi connectivity index (χ2v) is 3.98. The summed E-state index contributed by atoms with van der Waals surface area (Å²) in [4.78, 5) is 6.72. The summed E-state index contributed by atoms with van der Waals surface area (Å²) in [7, 11) is 1.94. The summed E-state index contributed by atoms with van der Waals surface area (Å²) in [6.45, 7) is 6.40. The van der Waals surface area contributed by atoms with E-state index in [1.165, 1.54) is 11.1 Å². The van der Waals surface area contributed by atoms with Crippen molar-refractivity contribution in [2.45, 2.75) is 13.8 Å². The quantitative estimate of drug-likeness (QED) is 0.873. The molecule has 0 aliphatic heterocycles. The van der Waals surface area contributed by atoms with Crippen LogP contribution < -0.4 is 10.2 Å². The van der Waals surface area contributed by atoms with Gasteiger partial charge in [-0.3, -0.25) is 4.98 Å². The Hall–Kier alpha value is -1.77. The highest BCUT2D eigenvalue weighted by molar-refractivity contribution is 5.93. The molecule has 0 saturated carbocycles. The lowest BCUT2D eigenvalue weighted by Gasteiger charge is -2.21. The van der Waals surface area contributed by atoms with Crippen molar-refractivity contribution >= 4 is 22.3 Å². The monoisotopic (exact) mass is 229 g/mol. The Kier molecular flexibility index (Phi) is 3.47. The van der Waals surface area contributed by atoms with Gasteiger partial charge in [-0.05, 0) is 38.1 Å². The number of fused-ring (bicyclic) bond motifs is 1. The summed E-state index contributed by atoms with van der Waals surface area (Å²) in [6.07, 6.45) is 1.84. The fourth-order valence-electron chi connectivity index (χ4n) is 2.14. The van der Waals surface area contributed by atoms with Gasteiger partial charge in [0, 0.05) is 43.1 Å². The maximum absolute atomic E-state index is 4.38. The van der Waals surface area contributed by atoms with Crippen LogP contribution in [0.25, 0.3) is 10.9 Å². The van der Waals surface area contributed by atoms with Crippen LogP contribution in [0.15, 0.2) is 30.5 Å². The van der Waals surface area contributed by atoms with Crippen molar-refractivity contribution in [3.63, 3.8) is 0 Å². The van der Waals surface area contributed by atoms with Crippen LogP contribution in [0.3, 0.4) is 0 Å². The standard InChI is InChI=1S/C14H19N3/c1-4-17(5-2)11-6-7-14-12(10-11)13(15-3)8-9-16-14/h6-10H,4-5H2,1-3H3,(H,15,16). The first-order valence-electron chi connectivity index (χ1n) is 6.11. The molecule has 1 heterocycles. The average Bonchev–Trinajstić information content (AvgIpc) is 2.39. The molecule has 0 saturated heterocycles. The van der Waals surface area contributed by atoms with E-state index in [1.54, 1.807) is 0 Å². The summed E-state index contributed by atoms with van der Waals surface area (Å²) in [5.74, 6) is 0. The van der Waals surface area contributed by atoms with Crippen molar-refractivity contribution < 1.29 is 0 Å². The van der Waals surface area contributed by atoms with Gasteiger partial charge in [0.2, 0.25) is 0 Å². The third-order valence-electron chi connectivity index (χ3n) is 3.12. The molecule has 3 heteroatoms. The molecule has 1 aromatic heterocycles. The third kappa shape index (κ3) is 2.18. The van der Waals surface area contributed by atoms with Crippen molar-refractivity contribution in [1.82, 2.24) is 4.98 Å². The fraction of sp³-hybridized carbons (Fsp3) is 0.357. The minimum atomic E-state index is 1.02. The van der Waals surface area contributed by atoms with E-state index < -0.39 is 0 Å². The zero-order chi connectivity index (χ0) is 12.3. The molecule has 0 atom stereocenters. The van der Waals surface area contributed by atoms with Gasteiger partial charge in [0.05, 0.1) is 5.52 Å². The van der Waals surface area contributed by atoms with E-state index in [0.29, 0.717) is 0 Å². The van der Waals surface area contributed by atoms with Gasteiger partial charge in [-0.15, -0.1) is 0 Å². The first-order chi connectivity index (χ1) is 8.30. The lowest BCUT2D eigenvalue weighted by Crippen LogP contribution is -2.21. The van der Waals surface area contributed by atoms with E-state index >= 15 is 0 Å². The zero-order valence-electron chi connectivity index (χ0n) is 10.7. The number of hydrogen-bond donors (Lipinski definition) is 1. The lowest BCUT2D eigenvalue weighted by atomic mass is 10.1. The van der Waals surface area contributed by atoms with E-state index in [1.807, 2.05) is 19.3 Å². The van der Waals surface area contributed by atoms with Crippen molar-refractivity contribution in [1.29, 1.82) is 0 Å². The van der Waals surface area contributed by atoms with E-state index in [9.17, 15) is 0 Å². The van der Waals surface area contributed by atoms with Gasteiger partial charge in [-0.25, -0.2) is 0 Å². The van der Waals surface area contributed by atoms with Crippen LogP contribution >= 0.6 is 0 Å². The highest BCUT2D eigenvalue weighted by Crippen LogP contribution is 2.26. The molecule has 2 rings (SSSR count). The number of hydrogen-bond acceptors (Lipinski definition) is 3. The first-order valence-corrected chi connectivity index (χ1v) is 6.11. The largest absolute Gasteiger partial charge is 0.388 e. The van der Waals surface area contributed by atoms with Crippen LogP contribution in [0.1, 0.15) is 13.8 Å². The van der Waals surface area contributed by atoms with E-state index in [2.05, 4.69) is 47.2 Å². The molecule has 0 unspecified atom stereocenters. The van der Waals surface area contributed by atoms with E-state index in [4.69, 9.17) is 0 Å². The molecule has 17 heavy (non-hydrogen) atoms. The van der Waals surface area contributed by atoms with Crippen LogP contribution in [-0.4, -0.2) is 25.1 Å². The molecule has 1 N–H and O–H groups in total. The molecule has 0 spiro atoms. The van der Waals surface area contributed by atoms with Crippen molar-refractivity contribution in [3.8, 4) is 0 Å². The summed E-state index contributed by atoms with van der Waals surface area (Å²) >= 11 is 0. The Balaban J connectivity index is 2.55. The molecule has 0 amide bonds. The van der Waals surface area contributed by atoms with Gasteiger partial charge in [0.15, 0.2) is 0 Å². The smallest absolute Gasteiger partial charge is 0.0724 e. The summed E-state index contributed by atoms with van der Waals surface area (Å²) in [6, 6.07) is 8.45. The van der Waals surface area contributed by atoms with Crippen LogP contribution in [0.2, 0.25) is 0 Å². The maximum Gasteiger partial charge on any atom is 0.0724 e. The van der Waals surface area contributed by atoms with Gasteiger partial charge >= 0.3 is 0 Å². The molecular formula is C14H19N3. The molecule has 0 radical (unpaired) electrons. The van der Waals surface area contributed by atoms with Gasteiger partial charge in [-0.2, -0.15) is 0 Å². The van der Waals surface area contributed by atoms with Crippen molar-refractivity contribution in [3.05, 3.63) is 30.5 Å². The number of nitrogens with one attached hydrogen (secondary N) is 1. The molecule has 0 bridgehead atoms. The van der Waals surface area contributed by atoms with E-state index in [-0.39, 0.29) is 0 Å². The molecule has 0 aliphatic rings. The highest BCUT2D eigenvalue weighted by Gasteiger charge is 2.05. The number of anilines is 2. The van der Waals surface area contributed by atoms with Crippen molar-refractivity contribution in [2.24, 2.45) is 0 Å². The number of nitrogens with zero attached hydrogens (tertiary/aromatic N) is 2. The SMILES string of the molecule is CCN(CC)c1ccc2nccc(NC)c2c1. The van der Waals surface area contributed by atoms with Crippen LogP contribution in [0, 0.1) is 0 Å². The molecule has 1 aromatic carbocycles. The third-order valence-corrected chi connectivity index (χ3v) is 3.12. The Morgan fingerprint density at radius 1 is 1.18 bits per heavy atom. The van der Waals surface area contributed by atoms with Gasteiger partial charge in [0.25, 0.3) is 0 Å². The second kappa shape index (κ2) is 5.04. The van der Waals surface area contributed by atoms with Crippen LogP contribution in [-0.2, 0) is 0 Å². The van der Waals surface area contributed by atoms with Crippen LogP contribution in [0.4, 0.5) is 11.4 Å². The molecule has 2 aromatic rings. The first kappa shape index (κ1) is 11.7. The second-order valence-electron chi connectivity index (χ2n) is 3.98. The normalized spacial score (nSPS) is 10.5. The van der Waals surface area contributed by atoms with Gasteiger partial charge < -0.3 is 10.2 Å². The Morgan fingerprint density at radius 2 is 1.94 bits per heavy atom. The molecule has 0 fully saturated rings. The molecule has 3 nitrogen and oxygen atoms in total. The predicted molar refractivity (Wildman–Crippen MR) is 74.9 cm³/mol. The number of benzene rings is 1. The van der Waals surface area contributed by atoms with E-state index in [0.717, 1.165) is 24.3 Å². The maximum atomic E-state index is 4.38. The minimum Gasteiger partial charge on any atom is -0.388 e. The lowest BCUT2D eigenvalue weighted by molar-refractivity contribution is 0.867. The fourth-order valence-corrected chi connectivity index (χ4v) is 2.14. The Bertz CT molecular complexity index is 504. The number of aromatic nitrogens is 1. The number of rotatable bonds is 4. The minimum absolute atomic E-state index is 1.02. The number of pyridine rings is 1. The molecule has 90 valence electrons. The molecule has 0 aliphatic carbocycles. The Morgan fingerprint density at radius 3 is 2.59 bits per heavy atom. The zero-order valence-corrected chi connectivity index (χ0v) is 10.7. The highest BCUT2D eigenvalue weighted by atomic mass is 15.1. The summed E-state index contributed by atoms with van der Waals surface area (Å²) < 4.78 is 0. The van der Waals surface area contributed by atoms with Crippen molar-refractivity contribution in [2.75, 3.05) is 30.4 Å². The topological polar surface area (TPSA) is 28.2 Å². The summed E-state index contributed by atoms with van der Waals surface area (Å²) in [5.41, 5.74) is 3.42. The van der Waals surface area contributed by atoms with Gasteiger partial charge in [-0.1, -0.05) is 0 Å². The predicted octanol–water partition coefficient (Wildman–Crippen LogP) is 3.12. The summed E-state index contributed by atoms with van der Waals surface area (Å²) in [5, 5.41) is 4.39. The molecular weight excluding hydrogens is 210 g/mol. The van der Waals surface area contributed by atoms with Crippen LogP contribution in [0.5, 0.6) is 0 Å². The Labute approximate surface area is 102 Å². The van der Waals surface area contributed by atoms with Gasteiger partial charge in [0.1, 0.15) is 0 Å². The average molecular weight is 229 g/mol.